The fourth-order valence-corrected chi connectivity index (χ4v) is 0.610. The van der Waals surface area contributed by atoms with E-state index in [1.54, 1.807) is 0 Å². The molecule has 0 aliphatic rings. The molecule has 0 fully saturated rings. The van der Waals surface area contributed by atoms with E-state index in [9.17, 15) is 4.79 Å². The van der Waals surface area contributed by atoms with Gasteiger partial charge in [0, 0.05) is 5.54 Å². The number of halogens is 1. The van der Waals surface area contributed by atoms with Crippen molar-refractivity contribution in [1.29, 1.82) is 0 Å². The van der Waals surface area contributed by atoms with Gasteiger partial charge in [-0.3, -0.25) is 4.79 Å². The molecule has 3 heteroatoms. The van der Waals surface area contributed by atoms with Crippen molar-refractivity contribution in [3.8, 4) is 0 Å². The van der Waals surface area contributed by atoms with Gasteiger partial charge in [0.05, 0.1) is 5.92 Å². The van der Waals surface area contributed by atoms with Crippen LogP contribution in [-0.4, -0.2) is 11.1 Å². The molecule has 10 heavy (non-hydrogen) atoms. The smallest absolute Gasteiger partial charge is 0.314 e. The predicted octanol–water partition coefficient (Wildman–Crippen LogP) is 1.83. The molecule has 0 spiro atoms. The van der Waals surface area contributed by atoms with Gasteiger partial charge in [0.15, 0.2) is 0 Å². The maximum Gasteiger partial charge on any atom is 0.314 e. The molecule has 1 atom stereocenters. The van der Waals surface area contributed by atoms with Gasteiger partial charge >= 0.3 is 5.97 Å². The molecular weight excluding hydrogens is 152 g/mol. The Morgan fingerprint density at radius 2 is 2.20 bits per heavy atom. The van der Waals surface area contributed by atoms with Gasteiger partial charge < -0.3 is 5.11 Å². The monoisotopic (exact) mass is 159 g/mol. The summed E-state index contributed by atoms with van der Waals surface area (Å²) >= 11 is 5.18. The van der Waals surface area contributed by atoms with E-state index in [0.717, 1.165) is 0 Å². The number of allylic oxidation sites excluding steroid dienone is 1. The second-order valence-electron chi connectivity index (χ2n) is 1.61. The fourth-order valence-electron chi connectivity index (χ4n) is 0.454. The van der Waals surface area contributed by atoms with Crippen molar-refractivity contribution in [3.63, 3.8) is 0 Å². The highest BCUT2D eigenvalue weighted by Gasteiger charge is 2.07. The number of hydrogen-bond acceptors (Lipinski definition) is 1. The molecule has 0 aliphatic carbocycles. The molecule has 0 amide bonds. The van der Waals surface area contributed by atoms with E-state index in [4.69, 9.17) is 16.7 Å². The zero-order valence-corrected chi connectivity index (χ0v) is 6.08. The molecule has 1 radical (unpaired) electrons. The Labute approximate surface area is 64.8 Å². The van der Waals surface area contributed by atoms with Crippen LogP contribution in [0.15, 0.2) is 23.8 Å². The van der Waals surface area contributed by atoms with Crippen LogP contribution in [0.3, 0.4) is 0 Å². The first-order chi connectivity index (χ1) is 4.72. The molecule has 2 nitrogen and oxygen atoms in total. The van der Waals surface area contributed by atoms with Crippen LogP contribution in [-0.2, 0) is 4.79 Å². The summed E-state index contributed by atoms with van der Waals surface area (Å²) in [4.78, 5) is 10.3. The average Bonchev–Trinajstić information content (AvgIpc) is 1.87. The summed E-state index contributed by atoms with van der Waals surface area (Å²) in [5.74, 6) is -1.59. The van der Waals surface area contributed by atoms with Crippen molar-refractivity contribution in [2.45, 2.75) is 0 Å². The predicted molar refractivity (Wildman–Crippen MR) is 40.6 cm³/mol. The van der Waals surface area contributed by atoms with E-state index in [1.807, 2.05) is 0 Å². The van der Waals surface area contributed by atoms with Crippen LogP contribution in [0.1, 0.15) is 0 Å². The summed E-state index contributed by atoms with van der Waals surface area (Å²) in [6.07, 6.45) is 4.24. The molecular formula is C7H8ClO2. The lowest BCUT2D eigenvalue weighted by molar-refractivity contribution is -0.138. The normalized spacial score (nSPS) is 14.6. The van der Waals surface area contributed by atoms with Crippen molar-refractivity contribution in [2.24, 2.45) is 5.92 Å². The molecule has 0 bridgehead atoms. The number of rotatable bonds is 3. The summed E-state index contributed by atoms with van der Waals surface area (Å²) in [5, 5.41) is 8.45. The zero-order chi connectivity index (χ0) is 7.98. The van der Waals surface area contributed by atoms with Crippen LogP contribution in [0, 0.1) is 12.8 Å². The number of carboxylic acid groups (broad SMARTS) is 1. The minimum absolute atomic E-state index is 0.657. The molecule has 0 aromatic heterocycles. The van der Waals surface area contributed by atoms with Gasteiger partial charge in [0.25, 0.3) is 0 Å². The van der Waals surface area contributed by atoms with E-state index < -0.39 is 11.9 Å². The largest absolute Gasteiger partial charge is 0.481 e. The molecule has 0 aromatic carbocycles. The molecule has 0 saturated heterocycles. The minimum Gasteiger partial charge on any atom is -0.481 e. The van der Waals surface area contributed by atoms with E-state index in [2.05, 4.69) is 6.92 Å². The average molecular weight is 160 g/mol. The second-order valence-corrected chi connectivity index (χ2v) is 1.86. The Bertz CT molecular complexity index is 149. The maximum absolute atomic E-state index is 10.3. The van der Waals surface area contributed by atoms with Crippen LogP contribution in [0.2, 0.25) is 0 Å². The Morgan fingerprint density at radius 3 is 2.50 bits per heavy atom. The summed E-state index contributed by atoms with van der Waals surface area (Å²) < 4.78 is 0. The maximum atomic E-state index is 10.3. The summed E-state index contributed by atoms with van der Waals surface area (Å²) in [5.41, 5.74) is 1.18. The first kappa shape index (κ1) is 9.24. The van der Waals surface area contributed by atoms with Gasteiger partial charge in [-0.15, -0.1) is 0 Å². The lowest BCUT2D eigenvalue weighted by Gasteiger charge is -1.96. The fraction of sp³-hybridized carbons (Fsp3) is 0.143. The molecule has 0 saturated carbocycles. The third-order valence-corrected chi connectivity index (χ3v) is 1.05. The third kappa shape index (κ3) is 3.30. The van der Waals surface area contributed by atoms with Gasteiger partial charge in [-0.05, 0) is 6.92 Å². The lowest BCUT2D eigenvalue weighted by atomic mass is 10.1. The zero-order valence-electron chi connectivity index (χ0n) is 5.33. The van der Waals surface area contributed by atoms with Crippen LogP contribution in [0.25, 0.3) is 0 Å². The van der Waals surface area contributed by atoms with E-state index in [0.29, 0.717) is 0 Å². The first-order valence-corrected chi connectivity index (χ1v) is 3.11. The number of hydrogen-bond donors (Lipinski definition) is 1. The van der Waals surface area contributed by atoms with Gasteiger partial charge in [-0.25, -0.2) is 0 Å². The van der Waals surface area contributed by atoms with E-state index in [1.165, 1.54) is 23.8 Å². The minimum atomic E-state index is -0.934. The highest BCUT2D eigenvalue weighted by atomic mass is 35.5. The summed E-state index contributed by atoms with van der Waals surface area (Å²) in [6, 6.07) is 0. The number of aliphatic carboxylic acids is 1. The van der Waals surface area contributed by atoms with Crippen molar-refractivity contribution in [3.05, 3.63) is 30.7 Å². The molecule has 55 valence electrons. The van der Waals surface area contributed by atoms with Crippen molar-refractivity contribution < 1.29 is 9.90 Å². The first-order valence-electron chi connectivity index (χ1n) is 2.68. The van der Waals surface area contributed by atoms with Crippen LogP contribution in [0.4, 0.5) is 0 Å². The lowest BCUT2D eigenvalue weighted by Crippen LogP contribution is -2.07. The topological polar surface area (TPSA) is 37.3 Å². The molecule has 0 aromatic rings. The van der Waals surface area contributed by atoms with Crippen molar-refractivity contribution in [1.82, 2.24) is 0 Å². The highest BCUT2D eigenvalue weighted by molar-refractivity contribution is 6.25. The van der Waals surface area contributed by atoms with Crippen molar-refractivity contribution in [2.75, 3.05) is 0 Å². The Morgan fingerprint density at radius 1 is 1.60 bits per heavy atom. The Kier molecular flexibility index (Phi) is 4.67. The van der Waals surface area contributed by atoms with Gasteiger partial charge in [0.1, 0.15) is 0 Å². The quantitative estimate of drug-likeness (QED) is 0.682. The van der Waals surface area contributed by atoms with Crippen LogP contribution < -0.4 is 0 Å². The van der Waals surface area contributed by atoms with Crippen LogP contribution in [0.5, 0.6) is 0 Å². The van der Waals surface area contributed by atoms with Crippen molar-refractivity contribution >= 4 is 17.6 Å². The summed E-state index contributed by atoms with van der Waals surface area (Å²) in [6.45, 7) is 3.37. The van der Waals surface area contributed by atoms with E-state index >= 15 is 0 Å². The standard InChI is InChI=1S/C7H8ClO2/c1-2-3-6(4-5-8)7(9)10/h2-6H,1H2,(H,9,10). The molecule has 0 rings (SSSR count). The number of carboxylic acids is 1. The molecule has 1 N–H and O–H groups in total. The molecule has 1 unspecified atom stereocenters. The molecule has 0 heterocycles. The SMILES string of the molecule is [CH2]C=CC(C=CCl)C(=O)O. The van der Waals surface area contributed by atoms with Gasteiger partial charge in [-0.2, -0.15) is 0 Å². The van der Waals surface area contributed by atoms with Gasteiger partial charge in [-0.1, -0.05) is 29.8 Å². The van der Waals surface area contributed by atoms with E-state index in [-0.39, 0.29) is 0 Å². The molecule has 0 aliphatic heterocycles. The second kappa shape index (κ2) is 5.06. The summed E-state index contributed by atoms with van der Waals surface area (Å²) in [7, 11) is 0. The van der Waals surface area contributed by atoms with Crippen LogP contribution >= 0.6 is 11.6 Å². The third-order valence-electron chi connectivity index (χ3n) is 0.909. The highest BCUT2D eigenvalue weighted by Crippen LogP contribution is 2.01. The van der Waals surface area contributed by atoms with Gasteiger partial charge in [0.2, 0.25) is 0 Å². The Balaban J connectivity index is 4.11. The number of carbonyl (C=O) groups is 1. The Hall–Kier alpha value is -0.760.